The third-order valence-corrected chi connectivity index (χ3v) is 3.43. The van der Waals surface area contributed by atoms with Crippen LogP contribution in [0, 0.1) is 0 Å². The highest BCUT2D eigenvalue weighted by Crippen LogP contribution is 2.20. The average Bonchev–Trinajstić information content (AvgIpc) is 2.97. The number of hydrogen-bond donors (Lipinski definition) is 1. The first-order valence-electron chi connectivity index (χ1n) is 6.81. The van der Waals surface area contributed by atoms with Crippen LogP contribution in [0.25, 0.3) is 0 Å². The molecule has 19 heavy (non-hydrogen) atoms. The standard InChI is InChI=1S/C15H21NO3/c1-3-11-6-7-14(18-2)13(9-11)15(17)16-10-12-5-4-8-19-12/h6-7,9,12H,3-5,8,10H2,1-2H3,(H,16,17). The van der Waals surface area contributed by atoms with Crippen LogP contribution in [0.3, 0.4) is 0 Å². The predicted octanol–water partition coefficient (Wildman–Crippen LogP) is 2.17. The molecule has 1 aromatic carbocycles. The lowest BCUT2D eigenvalue weighted by atomic mass is 10.1. The summed E-state index contributed by atoms with van der Waals surface area (Å²) in [5.74, 6) is 0.518. The topological polar surface area (TPSA) is 47.6 Å². The molecule has 0 spiro atoms. The van der Waals surface area contributed by atoms with E-state index in [0.717, 1.165) is 31.4 Å². The predicted molar refractivity (Wildman–Crippen MR) is 73.7 cm³/mol. The van der Waals surface area contributed by atoms with Crippen LogP contribution in [0.4, 0.5) is 0 Å². The van der Waals surface area contributed by atoms with Crippen molar-refractivity contribution in [3.63, 3.8) is 0 Å². The Morgan fingerprint density at radius 2 is 2.37 bits per heavy atom. The van der Waals surface area contributed by atoms with Gasteiger partial charge < -0.3 is 14.8 Å². The summed E-state index contributed by atoms with van der Waals surface area (Å²) in [5.41, 5.74) is 1.72. The molecule has 0 aromatic heterocycles. The summed E-state index contributed by atoms with van der Waals surface area (Å²) in [4.78, 5) is 12.2. The third-order valence-electron chi connectivity index (χ3n) is 3.43. The van der Waals surface area contributed by atoms with Crippen LogP contribution in [-0.2, 0) is 11.2 Å². The van der Waals surface area contributed by atoms with Crippen LogP contribution in [0.15, 0.2) is 18.2 Å². The van der Waals surface area contributed by atoms with E-state index in [-0.39, 0.29) is 12.0 Å². The van der Waals surface area contributed by atoms with Crippen molar-refractivity contribution in [2.24, 2.45) is 0 Å². The highest BCUT2D eigenvalue weighted by molar-refractivity contribution is 5.97. The van der Waals surface area contributed by atoms with Gasteiger partial charge in [0, 0.05) is 13.2 Å². The molecule has 0 saturated carbocycles. The molecule has 1 aliphatic rings. The number of nitrogens with one attached hydrogen (secondary N) is 1. The van der Waals surface area contributed by atoms with Gasteiger partial charge in [0.15, 0.2) is 0 Å². The molecule has 1 atom stereocenters. The molecule has 4 heteroatoms. The number of ether oxygens (including phenoxy) is 2. The molecule has 1 aliphatic heterocycles. The van der Waals surface area contributed by atoms with Crippen molar-refractivity contribution in [3.05, 3.63) is 29.3 Å². The molecule has 0 bridgehead atoms. The van der Waals surface area contributed by atoms with Crippen molar-refractivity contribution in [3.8, 4) is 5.75 Å². The maximum absolute atomic E-state index is 12.2. The maximum Gasteiger partial charge on any atom is 0.255 e. The Morgan fingerprint density at radius 1 is 1.53 bits per heavy atom. The zero-order valence-electron chi connectivity index (χ0n) is 11.6. The minimum Gasteiger partial charge on any atom is -0.496 e. The Bertz CT molecular complexity index is 439. The largest absolute Gasteiger partial charge is 0.496 e. The highest BCUT2D eigenvalue weighted by Gasteiger charge is 2.18. The molecular formula is C15H21NO3. The summed E-state index contributed by atoms with van der Waals surface area (Å²) < 4.78 is 10.7. The summed E-state index contributed by atoms with van der Waals surface area (Å²) in [7, 11) is 1.58. The zero-order valence-corrected chi connectivity index (χ0v) is 11.6. The number of rotatable bonds is 5. The first-order valence-corrected chi connectivity index (χ1v) is 6.81. The lowest BCUT2D eigenvalue weighted by Crippen LogP contribution is -2.32. The third kappa shape index (κ3) is 3.47. The molecular weight excluding hydrogens is 242 g/mol. The number of amides is 1. The monoisotopic (exact) mass is 263 g/mol. The molecule has 4 nitrogen and oxygen atoms in total. The summed E-state index contributed by atoms with van der Waals surface area (Å²) in [6.07, 6.45) is 3.15. The number of carbonyl (C=O) groups is 1. The van der Waals surface area contributed by atoms with Crippen molar-refractivity contribution < 1.29 is 14.3 Å². The maximum atomic E-state index is 12.2. The van der Waals surface area contributed by atoms with Gasteiger partial charge in [0.25, 0.3) is 5.91 Å². The minimum atomic E-state index is -0.0948. The van der Waals surface area contributed by atoms with E-state index < -0.39 is 0 Å². The lowest BCUT2D eigenvalue weighted by molar-refractivity contribution is 0.0855. The Balaban J connectivity index is 2.03. The van der Waals surface area contributed by atoms with Crippen LogP contribution in [0.1, 0.15) is 35.7 Å². The SMILES string of the molecule is CCc1ccc(OC)c(C(=O)NCC2CCCO2)c1. The first-order chi connectivity index (χ1) is 9.24. The van der Waals surface area contributed by atoms with Crippen LogP contribution < -0.4 is 10.1 Å². The normalized spacial score (nSPS) is 18.3. The molecule has 1 heterocycles. The summed E-state index contributed by atoms with van der Waals surface area (Å²) >= 11 is 0. The van der Waals surface area contributed by atoms with Crippen molar-refractivity contribution >= 4 is 5.91 Å². The quantitative estimate of drug-likeness (QED) is 0.885. The van der Waals surface area contributed by atoms with Crippen LogP contribution in [-0.4, -0.2) is 32.3 Å². The molecule has 2 rings (SSSR count). The Kier molecular flexibility index (Phi) is 4.80. The second-order valence-electron chi connectivity index (χ2n) is 4.73. The van der Waals surface area contributed by atoms with Gasteiger partial charge in [-0.05, 0) is 37.0 Å². The molecule has 1 unspecified atom stereocenters. The van der Waals surface area contributed by atoms with E-state index in [4.69, 9.17) is 9.47 Å². The fourth-order valence-electron chi connectivity index (χ4n) is 2.26. The zero-order chi connectivity index (χ0) is 13.7. The van der Waals surface area contributed by atoms with Gasteiger partial charge in [-0.3, -0.25) is 4.79 Å². The fraction of sp³-hybridized carbons (Fsp3) is 0.533. The number of methoxy groups -OCH3 is 1. The van der Waals surface area contributed by atoms with Crippen LogP contribution in [0.2, 0.25) is 0 Å². The molecule has 104 valence electrons. The molecule has 0 aliphatic carbocycles. The van der Waals surface area contributed by atoms with Crippen molar-refractivity contribution in [2.75, 3.05) is 20.3 Å². The van der Waals surface area contributed by atoms with Crippen molar-refractivity contribution in [1.82, 2.24) is 5.32 Å². The number of hydrogen-bond acceptors (Lipinski definition) is 3. The second-order valence-corrected chi connectivity index (χ2v) is 4.73. The van der Waals surface area contributed by atoms with E-state index in [2.05, 4.69) is 12.2 Å². The second kappa shape index (κ2) is 6.57. The van der Waals surface area contributed by atoms with Crippen LogP contribution in [0.5, 0.6) is 5.75 Å². The van der Waals surface area contributed by atoms with E-state index in [0.29, 0.717) is 17.9 Å². The van der Waals surface area contributed by atoms with E-state index in [1.807, 2.05) is 18.2 Å². The molecule has 0 radical (unpaired) electrons. The number of benzene rings is 1. The van der Waals surface area contributed by atoms with E-state index in [1.165, 1.54) is 0 Å². The van der Waals surface area contributed by atoms with E-state index in [9.17, 15) is 4.79 Å². The van der Waals surface area contributed by atoms with Gasteiger partial charge >= 0.3 is 0 Å². The van der Waals surface area contributed by atoms with Gasteiger partial charge in [-0.25, -0.2) is 0 Å². The molecule has 1 saturated heterocycles. The highest BCUT2D eigenvalue weighted by atomic mass is 16.5. The van der Waals surface area contributed by atoms with Gasteiger partial charge in [-0.2, -0.15) is 0 Å². The Labute approximate surface area is 114 Å². The van der Waals surface area contributed by atoms with Crippen molar-refractivity contribution in [1.29, 1.82) is 0 Å². The minimum absolute atomic E-state index is 0.0948. The Hall–Kier alpha value is -1.55. The Morgan fingerprint density at radius 3 is 3.00 bits per heavy atom. The lowest BCUT2D eigenvalue weighted by Gasteiger charge is -2.13. The smallest absolute Gasteiger partial charge is 0.255 e. The first kappa shape index (κ1) is 13.9. The summed E-state index contributed by atoms with van der Waals surface area (Å²) in [6, 6.07) is 5.72. The molecule has 1 N–H and O–H groups in total. The van der Waals surface area contributed by atoms with Gasteiger partial charge in [0.05, 0.1) is 18.8 Å². The van der Waals surface area contributed by atoms with Gasteiger partial charge in [-0.1, -0.05) is 13.0 Å². The number of aryl methyl sites for hydroxylation is 1. The van der Waals surface area contributed by atoms with E-state index >= 15 is 0 Å². The summed E-state index contributed by atoms with van der Waals surface area (Å²) in [5, 5.41) is 2.92. The van der Waals surface area contributed by atoms with E-state index in [1.54, 1.807) is 7.11 Å². The van der Waals surface area contributed by atoms with Gasteiger partial charge in [0.1, 0.15) is 5.75 Å². The van der Waals surface area contributed by atoms with Gasteiger partial charge in [0.2, 0.25) is 0 Å². The van der Waals surface area contributed by atoms with Crippen LogP contribution >= 0.6 is 0 Å². The summed E-state index contributed by atoms with van der Waals surface area (Å²) in [6.45, 7) is 3.43. The van der Waals surface area contributed by atoms with Crippen molar-refractivity contribution in [2.45, 2.75) is 32.3 Å². The molecule has 1 aromatic rings. The molecule has 1 fully saturated rings. The average molecular weight is 263 g/mol. The molecule has 1 amide bonds. The number of carbonyl (C=O) groups excluding carboxylic acids is 1. The fourth-order valence-corrected chi connectivity index (χ4v) is 2.26. The van der Waals surface area contributed by atoms with Gasteiger partial charge in [-0.15, -0.1) is 0 Å².